The number of halogens is 6. The molecule has 0 aliphatic carbocycles. The van der Waals surface area contributed by atoms with Crippen molar-refractivity contribution >= 4 is 27.0 Å². The number of rotatable bonds is 10. The predicted molar refractivity (Wildman–Crippen MR) is 116 cm³/mol. The summed E-state index contributed by atoms with van der Waals surface area (Å²) in [6.45, 7) is 7.53. The van der Waals surface area contributed by atoms with E-state index in [1.807, 2.05) is 0 Å². The van der Waals surface area contributed by atoms with Gasteiger partial charge in [0, 0.05) is 12.8 Å². The first-order chi connectivity index (χ1) is 14.5. The normalized spacial score (nSPS) is 16.2. The Hall–Kier alpha value is -2.11. The SMILES string of the molecule is C=C[Si](CCC(F)(F)F)(O[Si](C=C)(CCC(F)(F)F)c1ccccc1)c1ccccc1. The zero-order chi connectivity index (χ0) is 23.2. The van der Waals surface area contributed by atoms with Gasteiger partial charge in [0.25, 0.3) is 0 Å². The molecule has 9 heteroatoms. The Labute approximate surface area is 180 Å². The fraction of sp³-hybridized carbons (Fsp3) is 0.273. The lowest BCUT2D eigenvalue weighted by Crippen LogP contribution is -2.62. The van der Waals surface area contributed by atoms with Gasteiger partial charge in [0.05, 0.1) is 0 Å². The van der Waals surface area contributed by atoms with E-state index in [0.29, 0.717) is 10.4 Å². The first-order valence-corrected chi connectivity index (χ1v) is 14.1. The van der Waals surface area contributed by atoms with Gasteiger partial charge in [0.15, 0.2) is 0 Å². The highest BCUT2D eigenvalue weighted by Gasteiger charge is 2.48. The third-order valence-corrected chi connectivity index (χ3v) is 13.9. The summed E-state index contributed by atoms with van der Waals surface area (Å²) in [5.74, 6) is 0. The van der Waals surface area contributed by atoms with Gasteiger partial charge in [-0.25, -0.2) is 0 Å². The second kappa shape index (κ2) is 10.0. The van der Waals surface area contributed by atoms with Crippen LogP contribution in [0.4, 0.5) is 26.3 Å². The van der Waals surface area contributed by atoms with E-state index in [0.717, 1.165) is 0 Å². The van der Waals surface area contributed by atoms with Gasteiger partial charge in [-0.05, 0) is 22.5 Å². The van der Waals surface area contributed by atoms with Crippen LogP contribution in [0.25, 0.3) is 0 Å². The molecule has 0 aliphatic heterocycles. The second-order valence-electron chi connectivity index (χ2n) is 7.25. The zero-order valence-electron chi connectivity index (χ0n) is 16.8. The van der Waals surface area contributed by atoms with Crippen LogP contribution in [0.15, 0.2) is 85.2 Å². The topological polar surface area (TPSA) is 9.23 Å². The third-order valence-electron chi connectivity index (χ3n) is 5.11. The maximum atomic E-state index is 13.2. The summed E-state index contributed by atoms with van der Waals surface area (Å²) in [4.78, 5) is 0. The van der Waals surface area contributed by atoms with E-state index in [1.54, 1.807) is 60.7 Å². The molecule has 1 nitrogen and oxygen atoms in total. The third kappa shape index (κ3) is 6.94. The Balaban J connectivity index is 2.60. The highest BCUT2D eigenvalue weighted by molar-refractivity contribution is 7.02. The standard InChI is InChI=1S/C22H24F6OSi2/c1-3-30(17-15-21(23,24)25,19-11-7-5-8-12-19)29-31(4-2,18-16-22(26,27)28)20-13-9-6-10-14-20/h3-14H,1-2,15-18H2. The summed E-state index contributed by atoms with van der Waals surface area (Å²) in [7, 11) is -7.05. The van der Waals surface area contributed by atoms with E-state index in [1.165, 1.54) is 11.4 Å². The van der Waals surface area contributed by atoms with Crippen molar-refractivity contribution in [1.29, 1.82) is 0 Å². The molecule has 0 bridgehead atoms. The van der Waals surface area contributed by atoms with Crippen molar-refractivity contribution in [2.75, 3.05) is 0 Å². The fourth-order valence-electron chi connectivity index (χ4n) is 3.45. The van der Waals surface area contributed by atoms with Gasteiger partial charge >= 0.3 is 12.4 Å². The Morgan fingerprint density at radius 1 is 0.645 bits per heavy atom. The molecule has 0 radical (unpaired) electrons. The summed E-state index contributed by atoms with van der Waals surface area (Å²) < 4.78 is 85.5. The second-order valence-corrected chi connectivity index (χ2v) is 14.6. The number of benzene rings is 2. The lowest BCUT2D eigenvalue weighted by molar-refractivity contribution is -0.131. The van der Waals surface area contributed by atoms with Crippen molar-refractivity contribution in [3.63, 3.8) is 0 Å². The minimum absolute atomic E-state index is 0.370. The van der Waals surface area contributed by atoms with Crippen LogP contribution in [0, 0.1) is 0 Å². The molecule has 0 N–H and O–H groups in total. The lowest BCUT2D eigenvalue weighted by Gasteiger charge is -2.40. The molecule has 0 aromatic heterocycles. The van der Waals surface area contributed by atoms with Crippen LogP contribution in [0.3, 0.4) is 0 Å². The van der Waals surface area contributed by atoms with Gasteiger partial charge in [-0.2, -0.15) is 26.3 Å². The molecule has 2 aromatic carbocycles. The molecule has 168 valence electrons. The van der Waals surface area contributed by atoms with Crippen molar-refractivity contribution in [1.82, 2.24) is 0 Å². The van der Waals surface area contributed by atoms with Gasteiger partial charge in [0.2, 0.25) is 16.6 Å². The summed E-state index contributed by atoms with van der Waals surface area (Å²) in [6.07, 6.45) is -11.1. The number of hydrogen-bond acceptors (Lipinski definition) is 1. The van der Waals surface area contributed by atoms with Crippen LogP contribution in [0.2, 0.25) is 12.1 Å². The number of alkyl halides is 6. The van der Waals surface area contributed by atoms with Crippen LogP contribution in [-0.2, 0) is 4.12 Å². The lowest BCUT2D eigenvalue weighted by atomic mass is 10.4. The molecule has 0 spiro atoms. The summed E-state index contributed by atoms with van der Waals surface area (Å²) >= 11 is 0. The van der Waals surface area contributed by atoms with Gasteiger partial charge in [0.1, 0.15) is 0 Å². The first-order valence-electron chi connectivity index (χ1n) is 9.67. The first kappa shape index (κ1) is 25.2. The molecular formula is C22H24F6OSi2. The van der Waals surface area contributed by atoms with Crippen LogP contribution in [-0.4, -0.2) is 29.0 Å². The minimum atomic E-state index is -4.43. The van der Waals surface area contributed by atoms with Crippen LogP contribution >= 0.6 is 0 Å². The molecule has 0 aliphatic rings. The van der Waals surface area contributed by atoms with E-state index in [2.05, 4.69) is 13.2 Å². The van der Waals surface area contributed by atoms with Crippen molar-refractivity contribution < 1.29 is 30.5 Å². The molecule has 31 heavy (non-hydrogen) atoms. The van der Waals surface area contributed by atoms with Crippen molar-refractivity contribution in [3.05, 3.63) is 85.2 Å². The minimum Gasteiger partial charge on any atom is -0.442 e. The largest absolute Gasteiger partial charge is 0.442 e. The van der Waals surface area contributed by atoms with Crippen molar-refractivity contribution in [3.8, 4) is 0 Å². The monoisotopic (exact) mass is 474 g/mol. The Bertz CT molecular complexity index is 782. The molecule has 2 unspecified atom stereocenters. The van der Waals surface area contributed by atoms with E-state index in [9.17, 15) is 26.3 Å². The maximum absolute atomic E-state index is 13.2. The van der Waals surface area contributed by atoms with Crippen LogP contribution in [0.1, 0.15) is 12.8 Å². The molecule has 0 saturated carbocycles. The predicted octanol–water partition coefficient (Wildman–Crippen LogP) is 6.06. The molecule has 0 fully saturated rings. The molecule has 0 amide bonds. The molecule has 0 heterocycles. The highest BCUT2D eigenvalue weighted by Crippen LogP contribution is 2.33. The van der Waals surface area contributed by atoms with E-state index >= 15 is 0 Å². The Kier molecular flexibility index (Phi) is 8.12. The molecule has 2 aromatic rings. The van der Waals surface area contributed by atoms with Gasteiger partial charge in [-0.1, -0.05) is 72.1 Å². The van der Waals surface area contributed by atoms with Crippen LogP contribution < -0.4 is 10.4 Å². The van der Waals surface area contributed by atoms with Crippen LogP contribution in [0.5, 0.6) is 0 Å². The molecule has 2 rings (SSSR count). The maximum Gasteiger partial charge on any atom is 0.388 e. The summed E-state index contributed by atoms with van der Waals surface area (Å²) in [5.41, 5.74) is 2.80. The number of hydrogen-bond donors (Lipinski definition) is 0. The van der Waals surface area contributed by atoms with E-state index in [4.69, 9.17) is 4.12 Å². The van der Waals surface area contributed by atoms with E-state index in [-0.39, 0.29) is 12.1 Å². The average molecular weight is 475 g/mol. The highest BCUT2D eigenvalue weighted by atomic mass is 28.4. The van der Waals surface area contributed by atoms with E-state index < -0.39 is 41.8 Å². The quantitative estimate of drug-likeness (QED) is 0.300. The summed E-state index contributed by atoms with van der Waals surface area (Å²) in [6, 6.07) is 16.0. The van der Waals surface area contributed by atoms with Crippen molar-refractivity contribution in [2.45, 2.75) is 37.3 Å². The zero-order valence-corrected chi connectivity index (χ0v) is 18.8. The molecule has 2 atom stereocenters. The van der Waals surface area contributed by atoms with Gasteiger partial charge < -0.3 is 4.12 Å². The molecule has 0 saturated heterocycles. The average Bonchev–Trinajstić information content (AvgIpc) is 2.74. The smallest absolute Gasteiger partial charge is 0.388 e. The molecular weight excluding hydrogens is 450 g/mol. The Morgan fingerprint density at radius 2 is 0.968 bits per heavy atom. The fourth-order valence-corrected chi connectivity index (χ4v) is 12.8. The Morgan fingerprint density at radius 3 is 1.23 bits per heavy atom. The van der Waals surface area contributed by atoms with Gasteiger partial charge in [-0.3, -0.25) is 0 Å². The van der Waals surface area contributed by atoms with Gasteiger partial charge in [-0.15, -0.1) is 13.2 Å². The van der Waals surface area contributed by atoms with Crippen molar-refractivity contribution in [2.24, 2.45) is 0 Å². The summed E-state index contributed by atoms with van der Waals surface area (Å²) in [5, 5.41) is 1.08.